The molecule has 0 saturated heterocycles. The number of fused-ring (bicyclic) bond motifs is 2. The average Bonchev–Trinajstić information content (AvgIpc) is 2.86. The number of aryl methyl sites for hydroxylation is 1. The van der Waals surface area contributed by atoms with Crippen molar-refractivity contribution in [2.75, 3.05) is 12.4 Å². The number of aromatic nitrogens is 3. The summed E-state index contributed by atoms with van der Waals surface area (Å²) in [5, 5.41) is 4.44. The molecule has 1 N–H and O–H groups in total. The molecule has 3 aliphatic rings. The number of nitrogens with one attached hydrogen (secondary N) is 1. The summed E-state index contributed by atoms with van der Waals surface area (Å²) in [5.41, 5.74) is 7.94. The Morgan fingerprint density at radius 1 is 0.971 bits per heavy atom. The third-order valence-electron chi connectivity index (χ3n) is 6.62. The quantitative estimate of drug-likeness (QED) is 0.324. The van der Waals surface area contributed by atoms with Gasteiger partial charge in [-0.3, -0.25) is 4.99 Å². The highest BCUT2D eigenvalue weighted by molar-refractivity contribution is 5.84. The molecular formula is C29H27N5O. The van der Waals surface area contributed by atoms with Gasteiger partial charge in [-0.25, -0.2) is 9.97 Å². The number of rotatable bonds is 5. The number of methoxy groups -OCH3 is 1. The van der Waals surface area contributed by atoms with Crippen molar-refractivity contribution in [3.63, 3.8) is 0 Å². The molecule has 1 fully saturated rings. The first kappa shape index (κ1) is 21.4. The topological polar surface area (TPSA) is 64.3 Å². The molecule has 0 radical (unpaired) electrons. The van der Waals surface area contributed by atoms with E-state index in [-0.39, 0.29) is 0 Å². The highest BCUT2D eigenvalue weighted by atomic mass is 16.5. The van der Waals surface area contributed by atoms with E-state index < -0.39 is 0 Å². The van der Waals surface area contributed by atoms with Crippen LogP contribution in [-0.4, -0.2) is 27.7 Å². The van der Waals surface area contributed by atoms with Gasteiger partial charge < -0.3 is 14.6 Å². The summed E-state index contributed by atoms with van der Waals surface area (Å²) in [6, 6.07) is 25.4. The molecule has 2 aliphatic carbocycles. The van der Waals surface area contributed by atoms with Crippen molar-refractivity contribution >= 4 is 22.4 Å². The molecule has 0 bridgehead atoms. The first-order valence-corrected chi connectivity index (χ1v) is 12.0. The highest BCUT2D eigenvalue weighted by Gasteiger charge is 2.20. The minimum absolute atomic E-state index is 0.352. The third kappa shape index (κ3) is 4.01. The van der Waals surface area contributed by atoms with E-state index in [0.717, 1.165) is 57.7 Å². The molecule has 35 heavy (non-hydrogen) atoms. The number of nitrogens with zero attached hydrogens (tertiary/aromatic N) is 4. The SMILES string of the molecule is COc1ncccc1Nc1cc2nc3ccccc3n(-c3ccc(C)cc3)c-2c/c1=N\C1CCC1. The van der Waals surface area contributed by atoms with E-state index in [1.165, 1.54) is 12.0 Å². The Morgan fingerprint density at radius 2 is 1.80 bits per heavy atom. The number of hydrogen-bond donors (Lipinski definition) is 1. The van der Waals surface area contributed by atoms with E-state index in [9.17, 15) is 0 Å². The zero-order chi connectivity index (χ0) is 23.8. The molecular weight excluding hydrogens is 434 g/mol. The van der Waals surface area contributed by atoms with Crippen LogP contribution in [-0.2, 0) is 0 Å². The predicted molar refractivity (Wildman–Crippen MR) is 140 cm³/mol. The standard InChI is InChI=1S/C29H27N5O/c1-19-12-14-21(15-13-19)34-27-11-4-3-9-22(27)32-26-17-24(33-23-10-6-16-30-29(23)35-2)25(18-28(26)34)31-20-7-5-8-20/h3-4,6,9-18,20,33H,5,7-8H2,1-2H3/b31-25+. The van der Waals surface area contributed by atoms with Gasteiger partial charge in [-0.1, -0.05) is 29.8 Å². The fourth-order valence-electron chi connectivity index (χ4n) is 4.53. The zero-order valence-electron chi connectivity index (χ0n) is 19.9. The zero-order valence-corrected chi connectivity index (χ0v) is 19.9. The van der Waals surface area contributed by atoms with Crippen molar-refractivity contribution in [1.82, 2.24) is 14.5 Å². The van der Waals surface area contributed by atoms with Crippen molar-refractivity contribution in [3.8, 4) is 23.0 Å². The minimum atomic E-state index is 0.352. The molecule has 1 aliphatic heterocycles. The van der Waals surface area contributed by atoms with Gasteiger partial charge in [0.15, 0.2) is 0 Å². The number of ether oxygens (including phenoxy) is 1. The van der Waals surface area contributed by atoms with E-state index >= 15 is 0 Å². The summed E-state index contributed by atoms with van der Waals surface area (Å²) in [6.45, 7) is 2.11. The van der Waals surface area contributed by atoms with Gasteiger partial charge >= 0.3 is 0 Å². The second kappa shape index (κ2) is 8.87. The highest BCUT2D eigenvalue weighted by Crippen LogP contribution is 2.32. The van der Waals surface area contributed by atoms with Gasteiger partial charge in [0.2, 0.25) is 5.88 Å². The van der Waals surface area contributed by atoms with E-state index in [1.54, 1.807) is 13.3 Å². The number of anilines is 2. The summed E-state index contributed by atoms with van der Waals surface area (Å²) in [6.07, 6.45) is 5.21. The molecule has 6 rings (SSSR count). The van der Waals surface area contributed by atoms with Crippen LogP contribution < -0.4 is 15.4 Å². The second-order valence-electron chi connectivity index (χ2n) is 9.03. The molecule has 1 saturated carbocycles. The predicted octanol–water partition coefficient (Wildman–Crippen LogP) is 6.04. The number of pyridine rings is 1. The summed E-state index contributed by atoms with van der Waals surface area (Å²) < 4.78 is 7.76. The molecule has 0 unspecified atom stereocenters. The van der Waals surface area contributed by atoms with Gasteiger partial charge in [-0.05, 0) is 74.7 Å². The van der Waals surface area contributed by atoms with Crippen LogP contribution in [0.1, 0.15) is 24.8 Å². The molecule has 1 aromatic heterocycles. The van der Waals surface area contributed by atoms with Crippen molar-refractivity contribution in [2.24, 2.45) is 4.99 Å². The van der Waals surface area contributed by atoms with E-state index in [0.29, 0.717) is 11.9 Å². The molecule has 0 amide bonds. The number of para-hydroxylation sites is 2. The lowest BCUT2D eigenvalue weighted by molar-refractivity contribution is 0.400. The molecule has 2 aromatic carbocycles. The van der Waals surface area contributed by atoms with E-state index in [4.69, 9.17) is 14.7 Å². The Kier molecular flexibility index (Phi) is 5.41. The van der Waals surface area contributed by atoms with Crippen molar-refractivity contribution in [2.45, 2.75) is 32.2 Å². The molecule has 2 heterocycles. The lowest BCUT2D eigenvalue weighted by atomic mass is 9.94. The summed E-state index contributed by atoms with van der Waals surface area (Å²) >= 11 is 0. The number of benzene rings is 3. The average molecular weight is 462 g/mol. The maximum Gasteiger partial charge on any atom is 0.237 e. The van der Waals surface area contributed by atoms with Crippen molar-refractivity contribution < 1.29 is 4.74 Å². The molecule has 3 aromatic rings. The van der Waals surface area contributed by atoms with Crippen LogP contribution in [0.2, 0.25) is 0 Å². The van der Waals surface area contributed by atoms with Crippen molar-refractivity contribution in [3.05, 3.63) is 89.9 Å². The van der Waals surface area contributed by atoms with Crippen LogP contribution in [0.3, 0.4) is 0 Å². The molecule has 174 valence electrons. The Balaban J connectivity index is 1.63. The molecule has 0 spiro atoms. The van der Waals surface area contributed by atoms with Gasteiger partial charge in [0, 0.05) is 11.9 Å². The first-order valence-electron chi connectivity index (χ1n) is 12.0. The lowest BCUT2D eigenvalue weighted by Gasteiger charge is -2.23. The Morgan fingerprint density at radius 3 is 2.57 bits per heavy atom. The van der Waals surface area contributed by atoms with E-state index in [1.807, 2.05) is 18.2 Å². The van der Waals surface area contributed by atoms with Crippen LogP contribution in [0, 0.1) is 6.92 Å². The van der Waals surface area contributed by atoms with Gasteiger partial charge in [0.05, 0.1) is 46.6 Å². The maximum absolute atomic E-state index is 5.48. The minimum Gasteiger partial charge on any atom is -0.480 e. The van der Waals surface area contributed by atoms with Gasteiger partial charge in [-0.2, -0.15) is 0 Å². The largest absolute Gasteiger partial charge is 0.480 e. The van der Waals surface area contributed by atoms with Crippen LogP contribution in [0.15, 0.2) is 84.0 Å². The van der Waals surface area contributed by atoms with Crippen LogP contribution in [0.25, 0.3) is 28.1 Å². The normalized spacial score (nSPS) is 14.3. The molecule has 6 nitrogen and oxygen atoms in total. The summed E-state index contributed by atoms with van der Waals surface area (Å²) in [4.78, 5) is 14.5. The molecule has 0 atom stereocenters. The second-order valence-corrected chi connectivity index (χ2v) is 9.03. The van der Waals surface area contributed by atoms with Gasteiger partial charge in [-0.15, -0.1) is 0 Å². The smallest absolute Gasteiger partial charge is 0.237 e. The molecule has 6 heteroatoms. The summed E-state index contributed by atoms with van der Waals surface area (Å²) in [5.74, 6) is 0.545. The first-order chi connectivity index (χ1) is 17.2. The number of hydrogen-bond acceptors (Lipinski definition) is 5. The van der Waals surface area contributed by atoms with Crippen LogP contribution in [0.4, 0.5) is 11.4 Å². The maximum atomic E-state index is 5.48. The third-order valence-corrected chi connectivity index (χ3v) is 6.62. The fourth-order valence-corrected chi connectivity index (χ4v) is 4.53. The monoisotopic (exact) mass is 461 g/mol. The Bertz CT molecular complexity index is 1550. The van der Waals surface area contributed by atoms with Crippen molar-refractivity contribution in [1.29, 1.82) is 0 Å². The van der Waals surface area contributed by atoms with Gasteiger partial charge in [0.1, 0.15) is 5.69 Å². The Hall–Kier alpha value is -4.19. The van der Waals surface area contributed by atoms with Gasteiger partial charge in [0.25, 0.3) is 0 Å². The Labute approximate surface area is 204 Å². The fraction of sp³-hybridized carbons (Fsp3) is 0.207. The van der Waals surface area contributed by atoms with Crippen LogP contribution in [0.5, 0.6) is 5.88 Å². The lowest BCUT2D eigenvalue weighted by Crippen LogP contribution is -2.22. The van der Waals surface area contributed by atoms with Crippen LogP contribution >= 0.6 is 0 Å². The van der Waals surface area contributed by atoms with E-state index in [2.05, 4.69) is 76.4 Å². The summed E-state index contributed by atoms with van der Waals surface area (Å²) in [7, 11) is 1.63.